The lowest BCUT2D eigenvalue weighted by molar-refractivity contribution is -0.385. The SMILES string of the molecule is CCOC1(C(F)(F)F)OCc2ccc(O)cc21. The molecule has 0 fully saturated rings. The fraction of sp³-hybridized carbons (Fsp3) is 0.455. The molecule has 0 aliphatic carbocycles. The summed E-state index contributed by atoms with van der Waals surface area (Å²) in [5, 5.41) is 9.28. The van der Waals surface area contributed by atoms with E-state index in [-0.39, 0.29) is 24.5 Å². The molecule has 0 saturated carbocycles. The van der Waals surface area contributed by atoms with Gasteiger partial charge in [0.05, 0.1) is 6.61 Å². The van der Waals surface area contributed by atoms with Gasteiger partial charge >= 0.3 is 6.18 Å². The molecule has 1 aromatic carbocycles. The summed E-state index contributed by atoms with van der Waals surface area (Å²) >= 11 is 0. The molecular weight excluding hydrogens is 237 g/mol. The second kappa shape index (κ2) is 3.89. The molecule has 1 atom stereocenters. The highest BCUT2D eigenvalue weighted by Gasteiger charge is 2.62. The first-order valence-electron chi connectivity index (χ1n) is 5.07. The van der Waals surface area contributed by atoms with Gasteiger partial charge in [-0.1, -0.05) is 6.07 Å². The normalized spacial score (nSPS) is 23.8. The van der Waals surface area contributed by atoms with Crippen LogP contribution in [0.15, 0.2) is 18.2 Å². The topological polar surface area (TPSA) is 38.7 Å². The van der Waals surface area contributed by atoms with Crippen LogP contribution in [-0.2, 0) is 21.9 Å². The Balaban J connectivity index is 2.56. The number of rotatable bonds is 2. The number of benzene rings is 1. The molecule has 1 N–H and O–H groups in total. The average molecular weight is 248 g/mol. The maximum Gasteiger partial charge on any atom is 0.448 e. The number of fused-ring (bicyclic) bond motifs is 1. The van der Waals surface area contributed by atoms with E-state index in [9.17, 15) is 18.3 Å². The molecule has 0 radical (unpaired) electrons. The van der Waals surface area contributed by atoms with Gasteiger partial charge in [-0.25, -0.2) is 0 Å². The Morgan fingerprint density at radius 3 is 2.76 bits per heavy atom. The van der Waals surface area contributed by atoms with Crippen molar-refractivity contribution >= 4 is 0 Å². The van der Waals surface area contributed by atoms with Gasteiger partial charge in [0.25, 0.3) is 5.79 Å². The molecule has 0 bridgehead atoms. The highest BCUT2D eigenvalue weighted by Crippen LogP contribution is 2.49. The van der Waals surface area contributed by atoms with Crippen LogP contribution in [0.2, 0.25) is 0 Å². The predicted octanol–water partition coefficient (Wildman–Crippen LogP) is 2.67. The van der Waals surface area contributed by atoms with Crippen molar-refractivity contribution in [2.75, 3.05) is 6.61 Å². The highest BCUT2D eigenvalue weighted by molar-refractivity contribution is 5.40. The highest BCUT2D eigenvalue weighted by atomic mass is 19.4. The van der Waals surface area contributed by atoms with Crippen LogP contribution >= 0.6 is 0 Å². The predicted molar refractivity (Wildman–Crippen MR) is 52.3 cm³/mol. The van der Waals surface area contributed by atoms with Crippen LogP contribution in [0.3, 0.4) is 0 Å². The lowest BCUT2D eigenvalue weighted by Crippen LogP contribution is -2.44. The molecule has 0 amide bonds. The van der Waals surface area contributed by atoms with Crippen molar-refractivity contribution < 1.29 is 27.8 Å². The number of phenolic OH excluding ortho intramolecular Hbond substituents is 1. The maximum atomic E-state index is 13.1. The van der Waals surface area contributed by atoms with E-state index in [1.807, 2.05) is 0 Å². The Bertz CT molecular complexity index is 426. The third-order valence-corrected chi connectivity index (χ3v) is 2.60. The second-order valence-corrected chi connectivity index (χ2v) is 3.68. The van der Waals surface area contributed by atoms with Crippen molar-refractivity contribution in [3.8, 4) is 5.75 Å². The molecule has 3 nitrogen and oxygen atoms in total. The number of hydrogen-bond acceptors (Lipinski definition) is 3. The molecule has 0 saturated heterocycles. The number of ether oxygens (including phenoxy) is 2. The van der Waals surface area contributed by atoms with Gasteiger partial charge in [-0.2, -0.15) is 13.2 Å². The van der Waals surface area contributed by atoms with E-state index in [0.717, 1.165) is 6.07 Å². The van der Waals surface area contributed by atoms with Gasteiger partial charge in [-0.05, 0) is 24.6 Å². The standard InChI is InChI=1S/C11H11F3O3/c1-2-16-10(11(12,13)14)9-5-8(15)4-3-7(9)6-17-10/h3-5,15H,2,6H2,1H3. The fourth-order valence-electron chi connectivity index (χ4n) is 1.89. The first-order valence-corrected chi connectivity index (χ1v) is 5.07. The van der Waals surface area contributed by atoms with E-state index in [4.69, 9.17) is 9.47 Å². The molecule has 0 spiro atoms. The molecule has 0 aromatic heterocycles. The number of halogens is 3. The number of phenols is 1. The summed E-state index contributed by atoms with van der Waals surface area (Å²) in [6.45, 7) is 1.13. The number of alkyl halides is 3. The molecule has 1 heterocycles. The van der Waals surface area contributed by atoms with Gasteiger partial charge in [0, 0.05) is 12.2 Å². The minimum Gasteiger partial charge on any atom is -0.508 e. The Hall–Kier alpha value is -1.27. The smallest absolute Gasteiger partial charge is 0.448 e. The van der Waals surface area contributed by atoms with Gasteiger partial charge in [0.1, 0.15) is 5.75 Å². The largest absolute Gasteiger partial charge is 0.508 e. The third kappa shape index (κ3) is 1.77. The van der Waals surface area contributed by atoms with E-state index in [0.29, 0.717) is 5.56 Å². The van der Waals surface area contributed by atoms with E-state index < -0.39 is 12.0 Å². The van der Waals surface area contributed by atoms with Crippen LogP contribution in [0.4, 0.5) is 13.2 Å². The number of hydrogen-bond donors (Lipinski definition) is 1. The summed E-state index contributed by atoms with van der Waals surface area (Å²) in [6.07, 6.45) is -4.69. The molecular formula is C11H11F3O3. The van der Waals surface area contributed by atoms with E-state index in [2.05, 4.69) is 0 Å². The lowest BCUT2D eigenvalue weighted by Gasteiger charge is -2.31. The summed E-state index contributed by atoms with van der Waals surface area (Å²) < 4.78 is 48.8. The van der Waals surface area contributed by atoms with E-state index in [1.165, 1.54) is 19.1 Å². The van der Waals surface area contributed by atoms with Gasteiger partial charge in [0.2, 0.25) is 0 Å². The monoisotopic (exact) mass is 248 g/mol. The van der Waals surface area contributed by atoms with Crippen LogP contribution in [0.1, 0.15) is 18.1 Å². The zero-order valence-corrected chi connectivity index (χ0v) is 9.04. The molecule has 1 aliphatic heterocycles. The quantitative estimate of drug-likeness (QED) is 0.874. The molecule has 1 unspecified atom stereocenters. The first-order chi connectivity index (χ1) is 7.90. The summed E-state index contributed by atoms with van der Waals surface area (Å²) in [7, 11) is 0. The van der Waals surface area contributed by atoms with Crippen molar-refractivity contribution in [3.05, 3.63) is 29.3 Å². The minimum atomic E-state index is -4.69. The average Bonchev–Trinajstić information content (AvgIpc) is 2.58. The zero-order valence-electron chi connectivity index (χ0n) is 9.04. The van der Waals surface area contributed by atoms with Crippen molar-refractivity contribution in [2.24, 2.45) is 0 Å². The number of aromatic hydroxyl groups is 1. The Labute approximate surface area is 95.8 Å². The molecule has 17 heavy (non-hydrogen) atoms. The summed E-state index contributed by atoms with van der Waals surface area (Å²) in [6, 6.07) is 3.75. The van der Waals surface area contributed by atoms with Crippen LogP contribution < -0.4 is 0 Å². The molecule has 94 valence electrons. The van der Waals surface area contributed by atoms with Crippen molar-refractivity contribution in [2.45, 2.75) is 25.5 Å². The summed E-state index contributed by atoms with van der Waals surface area (Å²) in [5.41, 5.74) is 0.195. The minimum absolute atomic E-state index is 0.144. The Kier molecular flexibility index (Phi) is 2.79. The molecule has 6 heteroatoms. The second-order valence-electron chi connectivity index (χ2n) is 3.68. The summed E-state index contributed by atoms with van der Waals surface area (Å²) in [4.78, 5) is 0. The fourth-order valence-corrected chi connectivity index (χ4v) is 1.89. The van der Waals surface area contributed by atoms with Crippen LogP contribution in [0.5, 0.6) is 5.75 Å². The van der Waals surface area contributed by atoms with Gasteiger partial charge in [0.15, 0.2) is 0 Å². The molecule has 2 rings (SSSR count). The van der Waals surface area contributed by atoms with Gasteiger partial charge in [-0.3, -0.25) is 0 Å². The molecule has 1 aliphatic rings. The Morgan fingerprint density at radius 2 is 2.18 bits per heavy atom. The zero-order chi connectivity index (χ0) is 12.7. The van der Waals surface area contributed by atoms with Crippen molar-refractivity contribution in [3.63, 3.8) is 0 Å². The van der Waals surface area contributed by atoms with E-state index in [1.54, 1.807) is 0 Å². The summed E-state index contributed by atoms with van der Waals surface area (Å²) in [5.74, 6) is -3.00. The van der Waals surface area contributed by atoms with Crippen LogP contribution in [0.25, 0.3) is 0 Å². The van der Waals surface area contributed by atoms with E-state index >= 15 is 0 Å². The van der Waals surface area contributed by atoms with Gasteiger partial charge in [-0.15, -0.1) is 0 Å². The lowest BCUT2D eigenvalue weighted by atomic mass is 10.0. The first kappa shape index (κ1) is 12.2. The van der Waals surface area contributed by atoms with Crippen LogP contribution in [0, 0.1) is 0 Å². The third-order valence-electron chi connectivity index (χ3n) is 2.60. The Morgan fingerprint density at radius 1 is 1.47 bits per heavy atom. The maximum absolute atomic E-state index is 13.1. The van der Waals surface area contributed by atoms with Crippen molar-refractivity contribution in [1.29, 1.82) is 0 Å². The van der Waals surface area contributed by atoms with Crippen molar-refractivity contribution in [1.82, 2.24) is 0 Å². The van der Waals surface area contributed by atoms with Gasteiger partial charge < -0.3 is 14.6 Å². The van der Waals surface area contributed by atoms with Crippen LogP contribution in [-0.4, -0.2) is 17.9 Å². The molecule has 1 aromatic rings.